The Labute approximate surface area is 137 Å². The molecule has 2 aromatic carbocycles. The molecule has 0 aliphatic rings. The summed E-state index contributed by atoms with van der Waals surface area (Å²) in [5.74, 6) is 1.92. The number of aromatic amines is 1. The van der Waals surface area contributed by atoms with E-state index in [-0.39, 0.29) is 0 Å². The monoisotopic (exact) mass is 324 g/mol. The molecule has 0 fully saturated rings. The molecule has 0 saturated heterocycles. The smallest absolute Gasteiger partial charge is 0.224 e. The highest BCUT2D eigenvalue weighted by atomic mass is 35.5. The van der Waals surface area contributed by atoms with E-state index >= 15 is 0 Å². The van der Waals surface area contributed by atoms with Crippen molar-refractivity contribution in [2.24, 2.45) is 0 Å². The van der Waals surface area contributed by atoms with E-state index in [0.29, 0.717) is 29.6 Å². The Hall–Kier alpha value is -2.66. The summed E-state index contributed by atoms with van der Waals surface area (Å²) in [6, 6.07) is 15.6. The fraction of sp³-hybridized carbons (Fsp3) is 0.118. The molecule has 0 atom stereocenters. The largest absolute Gasteiger partial charge is 0.424 e. The van der Waals surface area contributed by atoms with Gasteiger partial charge in [0, 0.05) is 5.02 Å². The average molecular weight is 325 g/mol. The van der Waals surface area contributed by atoms with Gasteiger partial charge < -0.3 is 9.40 Å². The van der Waals surface area contributed by atoms with Crippen LogP contribution in [-0.2, 0) is 12.8 Å². The number of imidazole rings is 1. The van der Waals surface area contributed by atoms with Crippen LogP contribution in [0.15, 0.2) is 52.9 Å². The molecule has 5 nitrogen and oxygen atoms in total. The molecule has 0 amide bonds. The zero-order valence-electron chi connectivity index (χ0n) is 12.2. The van der Waals surface area contributed by atoms with Crippen molar-refractivity contribution in [1.29, 1.82) is 0 Å². The summed E-state index contributed by atoms with van der Waals surface area (Å²) < 4.78 is 5.70. The van der Waals surface area contributed by atoms with Crippen LogP contribution in [0, 0.1) is 0 Å². The zero-order valence-corrected chi connectivity index (χ0v) is 12.9. The van der Waals surface area contributed by atoms with Crippen LogP contribution >= 0.6 is 11.6 Å². The maximum atomic E-state index is 5.98. The van der Waals surface area contributed by atoms with Gasteiger partial charge in [-0.3, -0.25) is 0 Å². The fourth-order valence-corrected chi connectivity index (χ4v) is 2.64. The van der Waals surface area contributed by atoms with Crippen LogP contribution < -0.4 is 0 Å². The third kappa shape index (κ3) is 3.10. The Morgan fingerprint density at radius 3 is 2.57 bits per heavy atom. The standard InChI is InChI=1S/C17H13ClN4O/c18-12-6-7-13-14(9-12)20-15(19-13)10-17-22-21-16(23-17)8-11-4-2-1-3-5-11/h1-7,9H,8,10H2,(H,19,20). The Bertz CT molecular complexity index is 946. The number of benzene rings is 2. The molecule has 6 heteroatoms. The third-order valence-electron chi connectivity index (χ3n) is 3.52. The van der Waals surface area contributed by atoms with Crippen molar-refractivity contribution in [3.8, 4) is 0 Å². The van der Waals surface area contributed by atoms with E-state index in [0.717, 1.165) is 22.4 Å². The minimum atomic E-state index is 0.466. The molecule has 0 bridgehead atoms. The van der Waals surface area contributed by atoms with Crippen LogP contribution in [0.25, 0.3) is 11.0 Å². The van der Waals surface area contributed by atoms with Gasteiger partial charge in [0.15, 0.2) is 0 Å². The second kappa shape index (κ2) is 5.85. The molecule has 2 heterocycles. The highest BCUT2D eigenvalue weighted by Crippen LogP contribution is 2.18. The van der Waals surface area contributed by atoms with E-state index in [1.807, 2.05) is 48.5 Å². The van der Waals surface area contributed by atoms with Crippen LogP contribution in [0.5, 0.6) is 0 Å². The van der Waals surface area contributed by atoms with Gasteiger partial charge in [-0.2, -0.15) is 0 Å². The van der Waals surface area contributed by atoms with E-state index in [1.54, 1.807) is 0 Å². The quantitative estimate of drug-likeness (QED) is 0.620. The average Bonchev–Trinajstić information content (AvgIpc) is 3.14. The molecule has 0 radical (unpaired) electrons. The van der Waals surface area contributed by atoms with Crippen molar-refractivity contribution >= 4 is 22.6 Å². The first kappa shape index (κ1) is 14.0. The summed E-state index contributed by atoms with van der Waals surface area (Å²) in [7, 11) is 0. The van der Waals surface area contributed by atoms with Gasteiger partial charge in [-0.25, -0.2) is 4.98 Å². The van der Waals surface area contributed by atoms with Gasteiger partial charge in [0.25, 0.3) is 0 Å². The lowest BCUT2D eigenvalue weighted by atomic mass is 10.2. The van der Waals surface area contributed by atoms with Gasteiger partial charge >= 0.3 is 0 Å². The van der Waals surface area contributed by atoms with E-state index in [4.69, 9.17) is 16.0 Å². The van der Waals surface area contributed by atoms with Crippen molar-refractivity contribution in [3.63, 3.8) is 0 Å². The molecule has 0 aliphatic carbocycles. The number of fused-ring (bicyclic) bond motifs is 1. The van der Waals surface area contributed by atoms with Crippen molar-refractivity contribution < 1.29 is 4.42 Å². The van der Waals surface area contributed by atoms with Gasteiger partial charge in [-0.15, -0.1) is 10.2 Å². The highest BCUT2D eigenvalue weighted by Gasteiger charge is 2.11. The Morgan fingerprint density at radius 2 is 1.74 bits per heavy atom. The maximum absolute atomic E-state index is 5.98. The molecular weight excluding hydrogens is 312 g/mol. The van der Waals surface area contributed by atoms with Gasteiger partial charge in [0.1, 0.15) is 5.82 Å². The van der Waals surface area contributed by atoms with E-state index in [2.05, 4.69) is 20.2 Å². The van der Waals surface area contributed by atoms with Gasteiger partial charge in [0.05, 0.1) is 23.9 Å². The molecule has 2 aromatic heterocycles. The van der Waals surface area contributed by atoms with Crippen molar-refractivity contribution in [1.82, 2.24) is 20.2 Å². The molecule has 1 N–H and O–H groups in total. The second-order valence-electron chi connectivity index (χ2n) is 5.27. The summed E-state index contributed by atoms with van der Waals surface area (Å²) in [6.07, 6.45) is 1.09. The van der Waals surface area contributed by atoms with Crippen LogP contribution in [0.3, 0.4) is 0 Å². The molecule has 114 valence electrons. The Morgan fingerprint density at radius 1 is 0.957 bits per heavy atom. The Balaban J connectivity index is 1.52. The van der Waals surface area contributed by atoms with Gasteiger partial charge in [-0.05, 0) is 23.8 Å². The number of H-pyrrole nitrogens is 1. The summed E-state index contributed by atoms with van der Waals surface area (Å²) in [5.41, 5.74) is 2.91. The Kier molecular flexibility index (Phi) is 3.55. The predicted octanol–water partition coefficient (Wildman–Crippen LogP) is 3.78. The first-order chi connectivity index (χ1) is 11.3. The first-order valence-corrected chi connectivity index (χ1v) is 7.63. The lowest BCUT2D eigenvalue weighted by Crippen LogP contribution is -1.90. The number of nitrogens with zero attached hydrogens (tertiary/aromatic N) is 3. The lowest BCUT2D eigenvalue weighted by molar-refractivity contribution is 0.464. The lowest BCUT2D eigenvalue weighted by Gasteiger charge is -1.95. The third-order valence-corrected chi connectivity index (χ3v) is 3.75. The van der Waals surface area contributed by atoms with E-state index in [1.165, 1.54) is 0 Å². The number of rotatable bonds is 4. The second-order valence-corrected chi connectivity index (χ2v) is 5.71. The summed E-state index contributed by atoms with van der Waals surface area (Å²) in [5, 5.41) is 8.87. The molecule has 0 spiro atoms. The van der Waals surface area contributed by atoms with Gasteiger partial charge in [0.2, 0.25) is 11.8 Å². The van der Waals surface area contributed by atoms with Crippen LogP contribution in [0.4, 0.5) is 0 Å². The number of hydrogen-bond donors (Lipinski definition) is 1. The zero-order chi connectivity index (χ0) is 15.6. The normalized spacial score (nSPS) is 11.2. The summed E-state index contributed by atoms with van der Waals surface area (Å²) in [6.45, 7) is 0. The van der Waals surface area contributed by atoms with Gasteiger partial charge in [-0.1, -0.05) is 41.9 Å². The molecule has 23 heavy (non-hydrogen) atoms. The van der Waals surface area contributed by atoms with Crippen LogP contribution in [-0.4, -0.2) is 20.2 Å². The van der Waals surface area contributed by atoms with Crippen LogP contribution in [0.1, 0.15) is 23.2 Å². The summed E-state index contributed by atoms with van der Waals surface area (Å²) in [4.78, 5) is 7.72. The van der Waals surface area contributed by atoms with Crippen molar-refractivity contribution in [2.75, 3.05) is 0 Å². The molecular formula is C17H13ClN4O. The number of hydrogen-bond acceptors (Lipinski definition) is 4. The molecule has 4 aromatic rings. The molecule has 0 aliphatic heterocycles. The SMILES string of the molecule is Clc1ccc2nc(Cc3nnc(Cc4ccccc4)o3)[nH]c2c1. The minimum Gasteiger partial charge on any atom is -0.424 e. The van der Waals surface area contributed by atoms with E-state index in [9.17, 15) is 0 Å². The predicted molar refractivity (Wildman–Crippen MR) is 87.5 cm³/mol. The van der Waals surface area contributed by atoms with Crippen LogP contribution in [0.2, 0.25) is 5.02 Å². The topological polar surface area (TPSA) is 67.6 Å². The molecule has 0 saturated carbocycles. The number of halogens is 1. The first-order valence-electron chi connectivity index (χ1n) is 7.25. The van der Waals surface area contributed by atoms with Crippen molar-refractivity contribution in [2.45, 2.75) is 12.8 Å². The number of aromatic nitrogens is 4. The molecule has 4 rings (SSSR count). The van der Waals surface area contributed by atoms with E-state index < -0.39 is 0 Å². The maximum Gasteiger partial charge on any atom is 0.224 e. The number of nitrogens with one attached hydrogen (secondary N) is 1. The van der Waals surface area contributed by atoms with Crippen molar-refractivity contribution in [3.05, 3.63) is 76.7 Å². The summed E-state index contributed by atoms with van der Waals surface area (Å²) >= 11 is 5.98. The fourth-order valence-electron chi connectivity index (χ4n) is 2.46. The molecule has 0 unspecified atom stereocenters. The highest BCUT2D eigenvalue weighted by molar-refractivity contribution is 6.31. The minimum absolute atomic E-state index is 0.466.